The van der Waals surface area contributed by atoms with Crippen LogP contribution in [0.4, 0.5) is 0 Å². The van der Waals surface area contributed by atoms with Gasteiger partial charge in [0.15, 0.2) is 0 Å². The maximum atomic E-state index is 12.0. The van der Waals surface area contributed by atoms with Crippen molar-refractivity contribution in [2.75, 3.05) is 0 Å². The molecule has 112 valence electrons. The van der Waals surface area contributed by atoms with E-state index in [0.29, 0.717) is 17.8 Å². The Kier molecular flexibility index (Phi) is 4.36. The Balaban J connectivity index is 1.76. The van der Waals surface area contributed by atoms with E-state index >= 15 is 0 Å². The minimum atomic E-state index is -0.0984. The quantitative estimate of drug-likeness (QED) is 0.750. The van der Waals surface area contributed by atoms with Crippen LogP contribution in [-0.4, -0.2) is 9.97 Å². The van der Waals surface area contributed by atoms with E-state index in [4.69, 9.17) is 0 Å². The first-order valence-corrected chi connectivity index (χ1v) is 7.89. The highest BCUT2D eigenvalue weighted by Crippen LogP contribution is 2.16. The van der Waals surface area contributed by atoms with Gasteiger partial charge in [-0.1, -0.05) is 40.2 Å². The lowest BCUT2D eigenvalue weighted by Crippen LogP contribution is -2.22. The molecule has 5 heteroatoms. The largest absolute Gasteiger partial charge is 0.309 e. The van der Waals surface area contributed by atoms with Crippen LogP contribution < -0.4 is 10.9 Å². The van der Waals surface area contributed by atoms with Crippen LogP contribution in [0.15, 0.2) is 57.8 Å². The predicted octanol–water partition coefficient (Wildman–Crippen LogP) is 3.54. The van der Waals surface area contributed by atoms with Gasteiger partial charge in [0.1, 0.15) is 5.82 Å². The van der Waals surface area contributed by atoms with Crippen molar-refractivity contribution in [3.8, 4) is 0 Å². The number of rotatable bonds is 4. The van der Waals surface area contributed by atoms with Crippen molar-refractivity contribution in [2.45, 2.75) is 19.5 Å². The summed E-state index contributed by atoms with van der Waals surface area (Å²) in [5.41, 5.74) is 1.81. The Bertz CT molecular complexity index is 842. The summed E-state index contributed by atoms with van der Waals surface area (Å²) in [4.78, 5) is 19.3. The molecule has 22 heavy (non-hydrogen) atoms. The van der Waals surface area contributed by atoms with Gasteiger partial charge in [0.05, 0.1) is 17.4 Å². The molecule has 2 N–H and O–H groups in total. The van der Waals surface area contributed by atoms with Crippen LogP contribution in [0.2, 0.25) is 0 Å². The lowest BCUT2D eigenvalue weighted by atomic mass is 10.1. The first-order chi connectivity index (χ1) is 10.6. The van der Waals surface area contributed by atoms with Crippen LogP contribution in [0.5, 0.6) is 0 Å². The molecule has 3 aromatic rings. The topological polar surface area (TPSA) is 57.8 Å². The summed E-state index contributed by atoms with van der Waals surface area (Å²) in [6, 6.07) is 15.7. The van der Waals surface area contributed by atoms with Crippen molar-refractivity contribution in [2.24, 2.45) is 0 Å². The third-order valence-corrected chi connectivity index (χ3v) is 4.14. The van der Waals surface area contributed by atoms with Crippen molar-refractivity contribution >= 4 is 26.8 Å². The summed E-state index contributed by atoms with van der Waals surface area (Å²) in [6.07, 6.45) is 0. The molecule has 1 atom stereocenters. The maximum absolute atomic E-state index is 12.0. The lowest BCUT2D eigenvalue weighted by Gasteiger charge is -2.14. The molecule has 0 spiro atoms. The Morgan fingerprint density at radius 1 is 1.18 bits per heavy atom. The zero-order valence-electron chi connectivity index (χ0n) is 12.1. The summed E-state index contributed by atoms with van der Waals surface area (Å²) in [6.45, 7) is 2.60. The van der Waals surface area contributed by atoms with Crippen LogP contribution in [0.3, 0.4) is 0 Å². The molecule has 3 rings (SSSR count). The van der Waals surface area contributed by atoms with Gasteiger partial charge in [0.2, 0.25) is 0 Å². The molecule has 1 heterocycles. The van der Waals surface area contributed by atoms with E-state index in [0.717, 1.165) is 9.99 Å². The van der Waals surface area contributed by atoms with Gasteiger partial charge in [-0.2, -0.15) is 0 Å². The minimum absolute atomic E-state index is 0.0984. The molecule has 0 saturated carbocycles. The lowest BCUT2D eigenvalue weighted by molar-refractivity contribution is 0.559. The fraction of sp³-hybridized carbons (Fsp3) is 0.176. The van der Waals surface area contributed by atoms with E-state index in [2.05, 4.69) is 50.3 Å². The third-order valence-electron chi connectivity index (χ3n) is 3.61. The maximum Gasteiger partial charge on any atom is 0.258 e. The Morgan fingerprint density at radius 3 is 2.68 bits per heavy atom. The molecule has 0 amide bonds. The molecule has 0 aliphatic rings. The van der Waals surface area contributed by atoms with Crippen molar-refractivity contribution in [3.63, 3.8) is 0 Å². The number of aromatic amines is 1. The molecule has 0 saturated heterocycles. The second-order valence-electron chi connectivity index (χ2n) is 5.18. The first-order valence-electron chi connectivity index (χ1n) is 7.10. The van der Waals surface area contributed by atoms with E-state index in [1.165, 1.54) is 5.56 Å². The average Bonchev–Trinajstić information content (AvgIpc) is 2.53. The Labute approximate surface area is 136 Å². The monoisotopic (exact) mass is 357 g/mol. The SMILES string of the molecule is C[C@H](NCc1nc2ccccc2c(=O)[nH]1)c1ccc(Br)cc1. The van der Waals surface area contributed by atoms with E-state index in [1.807, 2.05) is 30.3 Å². The van der Waals surface area contributed by atoms with Crippen molar-refractivity contribution < 1.29 is 0 Å². The number of hydrogen-bond donors (Lipinski definition) is 2. The van der Waals surface area contributed by atoms with Gasteiger partial charge in [0.25, 0.3) is 5.56 Å². The molecule has 0 unspecified atom stereocenters. The van der Waals surface area contributed by atoms with E-state index in [9.17, 15) is 4.79 Å². The number of H-pyrrole nitrogens is 1. The Hall–Kier alpha value is -1.98. The molecular formula is C17H16BrN3O. The third kappa shape index (κ3) is 3.26. The van der Waals surface area contributed by atoms with Crippen LogP contribution in [0, 0.1) is 0 Å². The molecule has 2 aromatic carbocycles. The molecule has 4 nitrogen and oxygen atoms in total. The van der Waals surface area contributed by atoms with E-state index in [1.54, 1.807) is 6.07 Å². The second-order valence-corrected chi connectivity index (χ2v) is 6.10. The summed E-state index contributed by atoms with van der Waals surface area (Å²) in [5, 5.41) is 4.00. The number of nitrogens with one attached hydrogen (secondary N) is 2. The summed E-state index contributed by atoms with van der Waals surface area (Å²) in [7, 11) is 0. The minimum Gasteiger partial charge on any atom is -0.309 e. The van der Waals surface area contributed by atoms with Gasteiger partial charge in [-0.05, 0) is 36.8 Å². The Morgan fingerprint density at radius 2 is 1.91 bits per heavy atom. The summed E-state index contributed by atoms with van der Waals surface area (Å²) in [5.74, 6) is 0.646. The first kappa shape index (κ1) is 14.9. The summed E-state index contributed by atoms with van der Waals surface area (Å²) >= 11 is 3.43. The van der Waals surface area contributed by atoms with Gasteiger partial charge in [0, 0.05) is 10.5 Å². The molecule has 1 aromatic heterocycles. The number of aromatic nitrogens is 2. The smallest absolute Gasteiger partial charge is 0.258 e. The molecule has 0 bridgehead atoms. The summed E-state index contributed by atoms with van der Waals surface area (Å²) < 4.78 is 1.06. The predicted molar refractivity (Wildman–Crippen MR) is 91.8 cm³/mol. The molecule has 0 fully saturated rings. The van der Waals surface area contributed by atoms with Gasteiger partial charge >= 0.3 is 0 Å². The number of benzene rings is 2. The number of nitrogens with zero attached hydrogens (tertiary/aromatic N) is 1. The molecular weight excluding hydrogens is 342 g/mol. The zero-order chi connectivity index (χ0) is 15.5. The fourth-order valence-electron chi connectivity index (χ4n) is 2.34. The van der Waals surface area contributed by atoms with Crippen molar-refractivity contribution in [3.05, 3.63) is 74.7 Å². The van der Waals surface area contributed by atoms with Crippen LogP contribution >= 0.6 is 15.9 Å². The molecule has 0 aliphatic heterocycles. The van der Waals surface area contributed by atoms with Crippen LogP contribution in [0.1, 0.15) is 24.4 Å². The van der Waals surface area contributed by atoms with Gasteiger partial charge in [-0.25, -0.2) is 4.98 Å². The zero-order valence-corrected chi connectivity index (χ0v) is 13.7. The standard InChI is InChI=1S/C17H16BrN3O/c1-11(12-6-8-13(18)9-7-12)19-10-16-20-15-5-3-2-4-14(15)17(22)21-16/h2-9,11,19H,10H2,1H3,(H,20,21,22)/t11-/m0/s1. The fourth-order valence-corrected chi connectivity index (χ4v) is 2.60. The van der Waals surface area contributed by atoms with Crippen LogP contribution in [-0.2, 0) is 6.54 Å². The molecule has 0 aliphatic carbocycles. The normalized spacial score (nSPS) is 12.5. The number of fused-ring (bicyclic) bond motifs is 1. The van der Waals surface area contributed by atoms with E-state index < -0.39 is 0 Å². The average molecular weight is 358 g/mol. The van der Waals surface area contributed by atoms with Crippen molar-refractivity contribution in [1.29, 1.82) is 0 Å². The highest BCUT2D eigenvalue weighted by atomic mass is 79.9. The number of para-hydroxylation sites is 1. The second kappa shape index (κ2) is 6.42. The van der Waals surface area contributed by atoms with Gasteiger partial charge in [-0.15, -0.1) is 0 Å². The molecule has 0 radical (unpaired) electrons. The van der Waals surface area contributed by atoms with Gasteiger partial charge in [-0.3, -0.25) is 4.79 Å². The van der Waals surface area contributed by atoms with Gasteiger partial charge < -0.3 is 10.3 Å². The van der Waals surface area contributed by atoms with Crippen LogP contribution in [0.25, 0.3) is 10.9 Å². The number of hydrogen-bond acceptors (Lipinski definition) is 3. The highest BCUT2D eigenvalue weighted by molar-refractivity contribution is 9.10. The van der Waals surface area contributed by atoms with E-state index in [-0.39, 0.29) is 11.6 Å². The highest BCUT2D eigenvalue weighted by Gasteiger charge is 2.07. The van der Waals surface area contributed by atoms with Crippen molar-refractivity contribution in [1.82, 2.24) is 15.3 Å². The number of halogens is 1.